The molecule has 3 heteroatoms. The number of nitrogen functional groups attached to an aromatic ring is 1. The number of carbonyl (C=O) groups is 1. The van der Waals surface area contributed by atoms with Crippen molar-refractivity contribution in [2.75, 3.05) is 12.3 Å². The molecule has 0 aliphatic rings. The fourth-order valence-corrected chi connectivity index (χ4v) is 1.48. The third-order valence-corrected chi connectivity index (χ3v) is 3.18. The lowest BCUT2D eigenvalue weighted by Gasteiger charge is -2.23. The second-order valence-corrected chi connectivity index (χ2v) is 5.27. The molecule has 0 heterocycles. The van der Waals surface area contributed by atoms with Gasteiger partial charge in [-0.15, -0.1) is 0 Å². The van der Waals surface area contributed by atoms with E-state index in [-0.39, 0.29) is 11.3 Å². The van der Waals surface area contributed by atoms with Crippen molar-refractivity contribution < 1.29 is 4.79 Å². The van der Waals surface area contributed by atoms with Crippen LogP contribution in [0.2, 0.25) is 0 Å². The maximum absolute atomic E-state index is 12.0. The molecule has 3 nitrogen and oxygen atoms in total. The molecule has 0 saturated carbocycles. The monoisotopic (exact) mass is 234 g/mol. The van der Waals surface area contributed by atoms with Gasteiger partial charge in [0.2, 0.25) is 0 Å². The third-order valence-electron chi connectivity index (χ3n) is 3.18. The highest BCUT2D eigenvalue weighted by Crippen LogP contribution is 2.18. The highest BCUT2D eigenvalue weighted by Gasteiger charge is 2.17. The number of aryl methyl sites for hydroxylation is 1. The normalized spacial score (nSPS) is 11.3. The lowest BCUT2D eigenvalue weighted by atomic mass is 9.90. The van der Waals surface area contributed by atoms with Crippen LogP contribution in [0.1, 0.15) is 43.1 Å². The van der Waals surface area contributed by atoms with E-state index in [4.69, 9.17) is 5.73 Å². The first-order valence-corrected chi connectivity index (χ1v) is 6.00. The summed E-state index contributed by atoms with van der Waals surface area (Å²) in [7, 11) is 0. The van der Waals surface area contributed by atoms with E-state index < -0.39 is 0 Å². The summed E-state index contributed by atoms with van der Waals surface area (Å²) in [6.45, 7) is 9.00. The van der Waals surface area contributed by atoms with E-state index in [1.165, 1.54) is 0 Å². The molecule has 3 N–H and O–H groups in total. The number of benzene rings is 1. The lowest BCUT2D eigenvalue weighted by molar-refractivity contribution is 0.0935. The van der Waals surface area contributed by atoms with Crippen molar-refractivity contribution in [1.82, 2.24) is 5.32 Å². The number of nitrogens with one attached hydrogen (secondary N) is 1. The van der Waals surface area contributed by atoms with Gasteiger partial charge in [-0.05, 0) is 42.5 Å². The zero-order valence-corrected chi connectivity index (χ0v) is 11.1. The number of hydrogen-bond donors (Lipinski definition) is 2. The number of hydrogen-bond acceptors (Lipinski definition) is 2. The maximum Gasteiger partial charge on any atom is 0.251 e. The molecule has 0 fully saturated rings. The van der Waals surface area contributed by atoms with Gasteiger partial charge in [0.1, 0.15) is 0 Å². The molecule has 17 heavy (non-hydrogen) atoms. The summed E-state index contributed by atoms with van der Waals surface area (Å²) >= 11 is 0. The van der Waals surface area contributed by atoms with E-state index in [0.717, 1.165) is 12.0 Å². The minimum absolute atomic E-state index is 0.0241. The van der Waals surface area contributed by atoms with Crippen LogP contribution in [0.15, 0.2) is 18.2 Å². The van der Waals surface area contributed by atoms with E-state index in [9.17, 15) is 4.79 Å². The molecule has 0 radical (unpaired) electrons. The average Bonchev–Trinajstić information content (AvgIpc) is 2.26. The fraction of sp³-hybridized carbons (Fsp3) is 0.500. The Hall–Kier alpha value is -1.51. The van der Waals surface area contributed by atoms with Crippen LogP contribution in [0.25, 0.3) is 0 Å². The number of amides is 1. The number of rotatable bonds is 4. The van der Waals surface area contributed by atoms with Crippen LogP contribution in [0.5, 0.6) is 0 Å². The van der Waals surface area contributed by atoms with Gasteiger partial charge in [-0.2, -0.15) is 0 Å². The number of anilines is 1. The number of nitrogens with two attached hydrogens (primary N) is 1. The van der Waals surface area contributed by atoms with Crippen LogP contribution in [0.3, 0.4) is 0 Å². The van der Waals surface area contributed by atoms with Gasteiger partial charge in [0.15, 0.2) is 0 Å². The molecule has 0 spiro atoms. The molecule has 0 bridgehead atoms. The molecule has 0 saturated heterocycles. The molecule has 0 aliphatic heterocycles. The smallest absolute Gasteiger partial charge is 0.251 e. The van der Waals surface area contributed by atoms with Crippen LogP contribution in [0.4, 0.5) is 5.69 Å². The molecule has 1 rings (SSSR count). The van der Waals surface area contributed by atoms with Crippen LogP contribution >= 0.6 is 0 Å². The molecule has 0 atom stereocenters. The predicted octanol–water partition coefficient (Wildman–Crippen LogP) is 2.74. The summed E-state index contributed by atoms with van der Waals surface area (Å²) in [6.07, 6.45) is 1.04. The van der Waals surface area contributed by atoms with Crippen LogP contribution in [0, 0.1) is 12.3 Å². The van der Waals surface area contributed by atoms with E-state index in [2.05, 4.69) is 26.1 Å². The Labute approximate surface area is 103 Å². The highest BCUT2D eigenvalue weighted by molar-refractivity contribution is 5.96. The van der Waals surface area contributed by atoms with E-state index in [1.54, 1.807) is 12.1 Å². The summed E-state index contributed by atoms with van der Waals surface area (Å²) in [4.78, 5) is 12.0. The summed E-state index contributed by atoms with van der Waals surface area (Å²) in [6, 6.07) is 5.35. The zero-order chi connectivity index (χ0) is 13.1. The molecule has 1 aromatic rings. The number of carbonyl (C=O) groups excluding carboxylic acids is 1. The van der Waals surface area contributed by atoms with Gasteiger partial charge in [0, 0.05) is 17.8 Å². The SMILES string of the molecule is CCC(C)(C)CNC(=O)c1ccc(N)cc1C. The minimum Gasteiger partial charge on any atom is -0.399 e. The second-order valence-electron chi connectivity index (χ2n) is 5.27. The Bertz CT molecular complexity index is 411. The van der Waals surface area contributed by atoms with Crippen LogP contribution in [-0.2, 0) is 0 Å². The van der Waals surface area contributed by atoms with E-state index >= 15 is 0 Å². The van der Waals surface area contributed by atoms with Gasteiger partial charge >= 0.3 is 0 Å². The van der Waals surface area contributed by atoms with E-state index in [0.29, 0.717) is 17.8 Å². The lowest BCUT2D eigenvalue weighted by Crippen LogP contribution is -2.33. The van der Waals surface area contributed by atoms with Gasteiger partial charge in [0.25, 0.3) is 5.91 Å². The first kappa shape index (κ1) is 13.6. The van der Waals surface area contributed by atoms with Crippen molar-refractivity contribution in [2.24, 2.45) is 5.41 Å². The van der Waals surface area contributed by atoms with Crippen molar-refractivity contribution in [3.05, 3.63) is 29.3 Å². The first-order valence-electron chi connectivity index (χ1n) is 6.00. The van der Waals surface area contributed by atoms with Gasteiger partial charge in [-0.3, -0.25) is 4.79 Å². The standard InChI is InChI=1S/C14H22N2O/c1-5-14(3,4)9-16-13(17)12-7-6-11(15)8-10(12)2/h6-8H,5,9,15H2,1-4H3,(H,16,17). The topological polar surface area (TPSA) is 55.1 Å². The Balaban J connectivity index is 2.71. The summed E-state index contributed by atoms with van der Waals surface area (Å²) in [5.74, 6) is -0.0241. The summed E-state index contributed by atoms with van der Waals surface area (Å²) < 4.78 is 0. The molecular formula is C14H22N2O. The van der Waals surface area contributed by atoms with E-state index in [1.807, 2.05) is 13.0 Å². The van der Waals surface area contributed by atoms with Crippen molar-refractivity contribution in [3.63, 3.8) is 0 Å². The highest BCUT2D eigenvalue weighted by atomic mass is 16.1. The van der Waals surface area contributed by atoms with Gasteiger partial charge < -0.3 is 11.1 Å². The maximum atomic E-state index is 12.0. The second kappa shape index (κ2) is 5.21. The van der Waals surface area contributed by atoms with Gasteiger partial charge in [-0.1, -0.05) is 20.8 Å². The average molecular weight is 234 g/mol. The molecule has 0 unspecified atom stereocenters. The molecular weight excluding hydrogens is 212 g/mol. The fourth-order valence-electron chi connectivity index (χ4n) is 1.48. The van der Waals surface area contributed by atoms with Crippen LogP contribution in [-0.4, -0.2) is 12.5 Å². The van der Waals surface area contributed by atoms with Crippen molar-refractivity contribution in [3.8, 4) is 0 Å². The predicted molar refractivity (Wildman–Crippen MR) is 72.0 cm³/mol. The molecule has 1 amide bonds. The van der Waals surface area contributed by atoms with Crippen molar-refractivity contribution >= 4 is 11.6 Å². The first-order chi connectivity index (χ1) is 7.85. The van der Waals surface area contributed by atoms with Crippen molar-refractivity contribution in [1.29, 1.82) is 0 Å². The molecule has 1 aromatic carbocycles. The quantitative estimate of drug-likeness (QED) is 0.787. The third kappa shape index (κ3) is 3.77. The largest absolute Gasteiger partial charge is 0.399 e. The van der Waals surface area contributed by atoms with Gasteiger partial charge in [-0.25, -0.2) is 0 Å². The van der Waals surface area contributed by atoms with Gasteiger partial charge in [0.05, 0.1) is 0 Å². The Morgan fingerprint density at radius 1 is 1.41 bits per heavy atom. The minimum atomic E-state index is -0.0241. The molecule has 0 aliphatic carbocycles. The summed E-state index contributed by atoms with van der Waals surface area (Å²) in [5.41, 5.74) is 8.10. The molecule has 0 aromatic heterocycles. The zero-order valence-electron chi connectivity index (χ0n) is 11.1. The summed E-state index contributed by atoms with van der Waals surface area (Å²) in [5, 5.41) is 2.97. The Morgan fingerprint density at radius 2 is 2.06 bits per heavy atom. The Morgan fingerprint density at radius 3 is 2.59 bits per heavy atom. The Kier molecular flexibility index (Phi) is 4.16. The van der Waals surface area contributed by atoms with Crippen LogP contribution < -0.4 is 11.1 Å². The van der Waals surface area contributed by atoms with Crippen molar-refractivity contribution in [2.45, 2.75) is 34.1 Å². The molecule has 94 valence electrons.